The molecule has 61 heavy (non-hydrogen) atoms. The van der Waals surface area contributed by atoms with Crippen LogP contribution in [0.2, 0.25) is 0 Å². The maximum atomic E-state index is 2.59. The molecule has 3 unspecified atom stereocenters. The van der Waals surface area contributed by atoms with Gasteiger partial charge in [-0.2, -0.15) is 0 Å². The molecule has 3 atom stereocenters. The van der Waals surface area contributed by atoms with Gasteiger partial charge in [-0.3, -0.25) is 0 Å². The Morgan fingerprint density at radius 2 is 1.08 bits per heavy atom. The van der Waals surface area contributed by atoms with Gasteiger partial charge in [0, 0.05) is 39.7 Å². The summed E-state index contributed by atoms with van der Waals surface area (Å²) in [4.78, 5) is 2.57. The molecule has 296 valence electrons. The lowest BCUT2D eigenvalue weighted by Gasteiger charge is -2.61. The first kappa shape index (κ1) is 35.6. The second-order valence-electron chi connectivity index (χ2n) is 19.3. The predicted molar refractivity (Wildman–Crippen MR) is 252 cm³/mol. The van der Waals surface area contributed by atoms with Gasteiger partial charge in [0.25, 0.3) is 0 Å². The largest absolute Gasteiger partial charge is 0.310 e. The molecule has 0 N–H and O–H groups in total. The molecule has 14 rings (SSSR count). The highest BCUT2D eigenvalue weighted by atomic mass is 15.1. The van der Waals surface area contributed by atoms with E-state index in [0.717, 1.165) is 23.7 Å². The summed E-state index contributed by atoms with van der Waals surface area (Å²) >= 11 is 0. The van der Waals surface area contributed by atoms with Crippen LogP contribution in [0.1, 0.15) is 84.2 Å². The lowest BCUT2D eigenvalue weighted by Crippen LogP contribution is -2.55. The Bertz CT molecular complexity index is 2870. The van der Waals surface area contributed by atoms with E-state index in [0.29, 0.717) is 5.92 Å². The number of fused-ring (bicyclic) bond motifs is 6. The number of allylic oxidation sites excluding steroid dienone is 4. The zero-order valence-electron chi connectivity index (χ0n) is 34.9. The van der Waals surface area contributed by atoms with E-state index in [4.69, 9.17) is 0 Å². The van der Waals surface area contributed by atoms with E-state index in [9.17, 15) is 0 Å². The van der Waals surface area contributed by atoms with Gasteiger partial charge in [-0.1, -0.05) is 169 Å². The van der Waals surface area contributed by atoms with Crippen molar-refractivity contribution in [3.05, 3.63) is 233 Å². The van der Waals surface area contributed by atoms with E-state index in [1.54, 1.807) is 16.7 Å². The summed E-state index contributed by atoms with van der Waals surface area (Å²) in [7, 11) is 0. The fourth-order valence-corrected chi connectivity index (χ4v) is 14.4. The molecule has 0 aromatic heterocycles. The lowest BCUT2D eigenvalue weighted by molar-refractivity contribution is -0.0425. The smallest absolute Gasteiger partial charge is 0.0499 e. The normalized spacial score (nSPS) is 28.2. The van der Waals surface area contributed by atoms with Crippen molar-refractivity contribution >= 4 is 17.1 Å². The fourth-order valence-electron chi connectivity index (χ4n) is 14.4. The van der Waals surface area contributed by atoms with Crippen molar-refractivity contribution in [1.29, 1.82) is 0 Å². The molecule has 1 nitrogen and oxygen atoms in total. The molecule has 4 saturated carbocycles. The molecule has 1 spiro atoms. The van der Waals surface area contributed by atoms with Crippen molar-refractivity contribution < 1.29 is 0 Å². The van der Waals surface area contributed by atoms with Gasteiger partial charge >= 0.3 is 0 Å². The lowest BCUT2D eigenvalue weighted by atomic mass is 9.42. The molecular formula is C60H51N. The molecule has 0 aliphatic heterocycles. The van der Waals surface area contributed by atoms with E-state index in [1.165, 1.54) is 93.7 Å². The summed E-state index contributed by atoms with van der Waals surface area (Å²) < 4.78 is 0. The molecule has 7 aliphatic carbocycles. The van der Waals surface area contributed by atoms with E-state index < -0.39 is 0 Å². The Balaban J connectivity index is 0.989. The summed E-state index contributed by atoms with van der Waals surface area (Å²) in [5.74, 6) is 3.93. The zero-order chi connectivity index (χ0) is 40.3. The summed E-state index contributed by atoms with van der Waals surface area (Å²) in [5, 5.41) is 0. The summed E-state index contributed by atoms with van der Waals surface area (Å²) in [6.07, 6.45) is 14.7. The average Bonchev–Trinajstić information content (AvgIpc) is 3.76. The van der Waals surface area contributed by atoms with Crippen LogP contribution in [0.3, 0.4) is 0 Å². The second kappa shape index (κ2) is 13.4. The van der Waals surface area contributed by atoms with Crippen LogP contribution in [-0.4, -0.2) is 0 Å². The molecule has 0 heterocycles. The highest BCUT2D eigenvalue weighted by molar-refractivity contribution is 5.88. The number of anilines is 3. The fraction of sp³-hybridized carbons (Fsp3) is 0.233. The van der Waals surface area contributed by atoms with Crippen molar-refractivity contribution in [2.75, 3.05) is 4.90 Å². The number of hydrogen-bond donors (Lipinski definition) is 0. The number of hydrogen-bond acceptors (Lipinski definition) is 1. The van der Waals surface area contributed by atoms with Crippen LogP contribution in [0.5, 0.6) is 0 Å². The number of benzene rings is 7. The van der Waals surface area contributed by atoms with Gasteiger partial charge in [-0.05, 0) is 149 Å². The molecule has 0 radical (unpaired) electrons. The molecule has 4 bridgehead atoms. The van der Waals surface area contributed by atoms with Crippen molar-refractivity contribution in [2.24, 2.45) is 23.7 Å². The first-order valence-corrected chi connectivity index (χ1v) is 22.9. The Morgan fingerprint density at radius 1 is 0.492 bits per heavy atom. The molecule has 7 aromatic rings. The third kappa shape index (κ3) is 5.01. The van der Waals surface area contributed by atoms with Crippen molar-refractivity contribution in [1.82, 2.24) is 0 Å². The number of rotatable bonds is 6. The Morgan fingerprint density at radius 3 is 1.84 bits per heavy atom. The van der Waals surface area contributed by atoms with Gasteiger partial charge in [0.1, 0.15) is 0 Å². The first-order chi connectivity index (χ1) is 30.1. The molecule has 7 aromatic carbocycles. The zero-order valence-corrected chi connectivity index (χ0v) is 34.9. The minimum atomic E-state index is -0.294. The Hall–Kier alpha value is -6.18. The molecule has 1 heteroatoms. The van der Waals surface area contributed by atoms with E-state index in [-0.39, 0.29) is 16.7 Å². The van der Waals surface area contributed by atoms with Crippen LogP contribution in [0.4, 0.5) is 17.1 Å². The number of nitrogens with zero attached hydrogens (tertiary/aromatic N) is 1. The van der Waals surface area contributed by atoms with Crippen molar-refractivity contribution in [3.8, 4) is 22.3 Å². The highest BCUT2D eigenvalue weighted by Crippen LogP contribution is 2.72. The second-order valence-corrected chi connectivity index (χ2v) is 19.3. The van der Waals surface area contributed by atoms with Crippen molar-refractivity contribution in [2.45, 2.75) is 61.7 Å². The van der Waals surface area contributed by atoms with Gasteiger partial charge in [0.05, 0.1) is 0 Å². The van der Waals surface area contributed by atoms with Crippen LogP contribution >= 0.6 is 0 Å². The highest BCUT2D eigenvalue weighted by Gasteiger charge is 2.64. The van der Waals surface area contributed by atoms with Crippen LogP contribution in [0.15, 0.2) is 200 Å². The predicted octanol–water partition coefficient (Wildman–Crippen LogP) is 15.2. The topological polar surface area (TPSA) is 3.24 Å². The van der Waals surface area contributed by atoms with Gasteiger partial charge < -0.3 is 4.90 Å². The third-order valence-electron chi connectivity index (χ3n) is 16.6. The first-order valence-electron chi connectivity index (χ1n) is 22.9. The molecule has 4 fully saturated rings. The maximum Gasteiger partial charge on any atom is 0.0499 e. The minimum Gasteiger partial charge on any atom is -0.310 e. The van der Waals surface area contributed by atoms with E-state index >= 15 is 0 Å². The summed E-state index contributed by atoms with van der Waals surface area (Å²) in [6, 6.07) is 66.7. The van der Waals surface area contributed by atoms with Crippen LogP contribution in [-0.2, 0) is 10.8 Å². The van der Waals surface area contributed by atoms with Gasteiger partial charge in [-0.15, -0.1) is 0 Å². The molecular weight excluding hydrogens is 735 g/mol. The summed E-state index contributed by atoms with van der Waals surface area (Å²) in [5.41, 5.74) is 19.0. The summed E-state index contributed by atoms with van der Waals surface area (Å²) in [6.45, 7) is 2.43. The van der Waals surface area contributed by atoms with Crippen molar-refractivity contribution in [3.63, 3.8) is 0 Å². The van der Waals surface area contributed by atoms with Gasteiger partial charge in [0.2, 0.25) is 0 Å². The van der Waals surface area contributed by atoms with E-state index in [1.807, 2.05) is 0 Å². The minimum absolute atomic E-state index is 0.177. The van der Waals surface area contributed by atoms with Gasteiger partial charge in [-0.25, -0.2) is 0 Å². The molecule has 0 amide bonds. The Labute approximate surface area is 361 Å². The SMILES string of the molecule is CC1(c2ccccc2)c2ccccc2-c2ccc(N(c3ccc(-c4ccccc4)cc3)c3ccccc3C3C=CC=C4C3c3ccccc3C43C4CC5CC(C4)CC3C5)cc21. The molecule has 0 saturated heterocycles. The standard InChI is InChI=1S/C60H51N/c1-59(43-17-6-3-7-18-43)53-23-11-8-19-48(53)49-32-31-47(38-56(49)59)61(46-29-27-42(28-30-46)41-15-4-2-5-16-41)57-26-13-10-20-50(57)51-22-14-25-55-58(51)52-21-9-12-24-54(52)60(55)44-34-39-33-40(36-44)37-45(60)35-39/h2-32,38-40,44-45,51,58H,33-37H2,1H3. The third-order valence-corrected chi connectivity index (χ3v) is 16.6. The van der Waals surface area contributed by atoms with Gasteiger partial charge in [0.15, 0.2) is 0 Å². The van der Waals surface area contributed by atoms with Crippen LogP contribution < -0.4 is 4.90 Å². The average molecular weight is 786 g/mol. The monoisotopic (exact) mass is 785 g/mol. The van der Waals surface area contributed by atoms with Crippen LogP contribution in [0, 0.1) is 23.7 Å². The quantitative estimate of drug-likeness (QED) is 0.162. The maximum absolute atomic E-state index is 2.59. The molecule has 7 aliphatic rings. The van der Waals surface area contributed by atoms with E-state index in [2.05, 4.69) is 206 Å². The Kier molecular flexibility index (Phi) is 7.82. The number of para-hydroxylation sites is 1. The van der Waals surface area contributed by atoms with Crippen LogP contribution in [0.25, 0.3) is 22.3 Å².